The van der Waals surface area contributed by atoms with E-state index in [-0.39, 0.29) is 11.6 Å². The minimum atomic E-state index is -0.0909. The highest BCUT2D eigenvalue weighted by Gasteiger charge is 2.40. The van der Waals surface area contributed by atoms with Gasteiger partial charge in [-0.3, -0.25) is 15.4 Å². The third kappa shape index (κ3) is 2.48. The van der Waals surface area contributed by atoms with Crippen molar-refractivity contribution in [1.82, 2.24) is 20.1 Å². The molecule has 1 aliphatic heterocycles. The predicted molar refractivity (Wildman–Crippen MR) is 74.7 cm³/mol. The summed E-state index contributed by atoms with van der Waals surface area (Å²) in [5.74, 6) is 6.61. The molecule has 1 atom stereocenters. The third-order valence-corrected chi connectivity index (χ3v) is 4.24. The molecule has 1 aliphatic rings. The maximum absolute atomic E-state index is 5.84. The third-order valence-electron chi connectivity index (χ3n) is 4.24. The second kappa shape index (κ2) is 5.48. The smallest absolute Gasteiger partial charge is 0.161 e. The lowest BCUT2D eigenvalue weighted by Crippen LogP contribution is -2.53. The van der Waals surface area contributed by atoms with Crippen molar-refractivity contribution < 1.29 is 4.74 Å². The number of methoxy groups -OCH3 is 1. The largest absolute Gasteiger partial charge is 0.493 e. The van der Waals surface area contributed by atoms with Crippen LogP contribution in [-0.4, -0.2) is 40.4 Å². The summed E-state index contributed by atoms with van der Waals surface area (Å²) in [4.78, 5) is 2.48. The number of nitrogens with one attached hydrogen (secondary N) is 1. The summed E-state index contributed by atoms with van der Waals surface area (Å²) in [5, 5.41) is 4.27. The second-order valence-corrected chi connectivity index (χ2v) is 5.67. The van der Waals surface area contributed by atoms with Crippen LogP contribution in [0, 0.1) is 0 Å². The van der Waals surface area contributed by atoms with Crippen molar-refractivity contribution in [3.05, 3.63) is 11.9 Å². The Morgan fingerprint density at radius 3 is 2.58 bits per heavy atom. The average Bonchev–Trinajstić information content (AvgIpc) is 3.01. The monoisotopic (exact) mass is 267 g/mol. The Balaban J connectivity index is 2.35. The van der Waals surface area contributed by atoms with Crippen LogP contribution < -0.4 is 16.0 Å². The van der Waals surface area contributed by atoms with Gasteiger partial charge in [0.2, 0.25) is 0 Å². The van der Waals surface area contributed by atoms with Crippen molar-refractivity contribution >= 4 is 0 Å². The molecule has 1 saturated heterocycles. The van der Waals surface area contributed by atoms with Crippen LogP contribution in [-0.2, 0) is 7.05 Å². The number of nitrogens with zero attached hydrogens (tertiary/aromatic N) is 3. The number of likely N-dealkylation sites (tertiary alicyclic amines) is 1. The fraction of sp³-hybridized carbons (Fsp3) is 0.769. The first-order valence-corrected chi connectivity index (χ1v) is 6.79. The van der Waals surface area contributed by atoms with E-state index in [1.165, 1.54) is 12.8 Å². The summed E-state index contributed by atoms with van der Waals surface area (Å²) in [6.07, 6.45) is 4.24. The lowest BCUT2D eigenvalue weighted by molar-refractivity contribution is 0.102. The van der Waals surface area contributed by atoms with Crippen molar-refractivity contribution in [1.29, 1.82) is 0 Å². The van der Waals surface area contributed by atoms with Gasteiger partial charge >= 0.3 is 0 Å². The Labute approximate surface area is 114 Å². The Hall–Kier alpha value is -1.11. The van der Waals surface area contributed by atoms with Gasteiger partial charge in [0.1, 0.15) is 5.69 Å². The number of hydrogen-bond acceptors (Lipinski definition) is 5. The number of hydrazine groups is 1. The van der Waals surface area contributed by atoms with Crippen LogP contribution in [0.15, 0.2) is 6.20 Å². The van der Waals surface area contributed by atoms with E-state index in [0.29, 0.717) is 0 Å². The maximum Gasteiger partial charge on any atom is 0.161 e. The fourth-order valence-electron chi connectivity index (χ4n) is 3.01. The van der Waals surface area contributed by atoms with E-state index in [4.69, 9.17) is 10.6 Å². The van der Waals surface area contributed by atoms with E-state index in [2.05, 4.69) is 29.3 Å². The SMILES string of the molecule is COc1cnn(C)c1C(NN)C(C)(C)N1CCCC1. The topological polar surface area (TPSA) is 68.3 Å². The standard InChI is InChI=1S/C13H25N5O/c1-13(2,18-7-5-6-8-18)12(16-14)11-10(19-4)9-15-17(11)3/h9,12,16H,5-8,14H2,1-4H3. The van der Waals surface area contributed by atoms with Gasteiger partial charge in [-0.15, -0.1) is 0 Å². The van der Waals surface area contributed by atoms with E-state index < -0.39 is 0 Å². The highest BCUT2D eigenvalue weighted by molar-refractivity contribution is 5.30. The lowest BCUT2D eigenvalue weighted by atomic mass is 9.90. The zero-order valence-electron chi connectivity index (χ0n) is 12.3. The van der Waals surface area contributed by atoms with E-state index in [9.17, 15) is 0 Å². The first kappa shape index (κ1) is 14.3. The zero-order chi connectivity index (χ0) is 14.0. The van der Waals surface area contributed by atoms with Gasteiger partial charge in [0.15, 0.2) is 5.75 Å². The highest BCUT2D eigenvalue weighted by Crippen LogP contribution is 2.36. The molecule has 2 heterocycles. The number of rotatable bonds is 5. The molecule has 1 unspecified atom stereocenters. The van der Waals surface area contributed by atoms with Gasteiger partial charge in [-0.1, -0.05) is 0 Å². The number of aryl methyl sites for hydroxylation is 1. The first-order valence-electron chi connectivity index (χ1n) is 6.79. The lowest BCUT2D eigenvalue weighted by Gasteiger charge is -2.41. The Bertz CT molecular complexity index is 423. The molecule has 0 radical (unpaired) electrons. The van der Waals surface area contributed by atoms with Gasteiger partial charge in [-0.2, -0.15) is 5.10 Å². The Morgan fingerprint density at radius 2 is 2.05 bits per heavy atom. The second-order valence-electron chi connectivity index (χ2n) is 5.67. The van der Waals surface area contributed by atoms with Crippen LogP contribution in [0.5, 0.6) is 5.75 Å². The molecule has 3 N–H and O–H groups in total. The summed E-state index contributed by atoms with van der Waals surface area (Å²) in [5.41, 5.74) is 3.85. The van der Waals surface area contributed by atoms with Gasteiger partial charge < -0.3 is 4.74 Å². The number of nitrogens with two attached hydrogens (primary N) is 1. The molecular formula is C13H25N5O. The molecule has 0 saturated carbocycles. The molecule has 19 heavy (non-hydrogen) atoms. The molecule has 1 aromatic rings. The molecular weight excluding hydrogens is 242 g/mol. The van der Waals surface area contributed by atoms with Crippen molar-refractivity contribution in [2.75, 3.05) is 20.2 Å². The summed E-state index contributed by atoms with van der Waals surface area (Å²) >= 11 is 0. The van der Waals surface area contributed by atoms with Gasteiger partial charge in [0.05, 0.1) is 19.3 Å². The molecule has 1 fully saturated rings. The number of ether oxygens (including phenoxy) is 1. The number of hydrogen-bond donors (Lipinski definition) is 2. The summed E-state index contributed by atoms with van der Waals surface area (Å²) in [6, 6.07) is -0.0342. The van der Waals surface area contributed by atoms with Crippen LogP contribution in [0.4, 0.5) is 0 Å². The minimum absolute atomic E-state index is 0.0342. The van der Waals surface area contributed by atoms with Crippen LogP contribution in [0.2, 0.25) is 0 Å². The minimum Gasteiger partial charge on any atom is -0.493 e. The molecule has 0 aliphatic carbocycles. The van der Waals surface area contributed by atoms with E-state index in [0.717, 1.165) is 24.5 Å². The number of aromatic nitrogens is 2. The predicted octanol–water partition coefficient (Wildman–Crippen LogP) is 0.808. The maximum atomic E-state index is 5.84. The Kier molecular flexibility index (Phi) is 4.13. The quantitative estimate of drug-likeness (QED) is 0.610. The van der Waals surface area contributed by atoms with Gasteiger partial charge in [0.25, 0.3) is 0 Å². The summed E-state index contributed by atoms with van der Waals surface area (Å²) in [7, 11) is 3.58. The van der Waals surface area contributed by atoms with E-state index in [1.807, 2.05) is 11.7 Å². The van der Waals surface area contributed by atoms with E-state index in [1.54, 1.807) is 13.3 Å². The van der Waals surface area contributed by atoms with Gasteiger partial charge in [0, 0.05) is 12.6 Å². The first-order chi connectivity index (χ1) is 9.02. The van der Waals surface area contributed by atoms with Gasteiger partial charge in [-0.25, -0.2) is 5.43 Å². The van der Waals surface area contributed by atoms with Crippen LogP contribution in [0.1, 0.15) is 38.4 Å². The zero-order valence-corrected chi connectivity index (χ0v) is 12.3. The average molecular weight is 267 g/mol. The highest BCUT2D eigenvalue weighted by atomic mass is 16.5. The molecule has 0 spiro atoms. The molecule has 108 valence electrons. The van der Waals surface area contributed by atoms with Crippen molar-refractivity contribution in [3.63, 3.8) is 0 Å². The Morgan fingerprint density at radius 1 is 1.42 bits per heavy atom. The molecule has 6 heteroatoms. The fourth-order valence-corrected chi connectivity index (χ4v) is 3.01. The summed E-state index contributed by atoms with van der Waals surface area (Å²) in [6.45, 7) is 6.67. The molecule has 1 aromatic heterocycles. The molecule has 0 amide bonds. The van der Waals surface area contributed by atoms with Crippen LogP contribution in [0.3, 0.4) is 0 Å². The molecule has 0 aromatic carbocycles. The van der Waals surface area contributed by atoms with Crippen molar-refractivity contribution in [2.24, 2.45) is 12.9 Å². The van der Waals surface area contributed by atoms with Gasteiger partial charge in [-0.05, 0) is 39.8 Å². The summed E-state index contributed by atoms with van der Waals surface area (Å²) < 4.78 is 7.24. The van der Waals surface area contributed by atoms with E-state index >= 15 is 0 Å². The van der Waals surface area contributed by atoms with Crippen LogP contribution in [0.25, 0.3) is 0 Å². The normalized spacial score (nSPS) is 18.8. The van der Waals surface area contributed by atoms with Crippen LogP contribution >= 0.6 is 0 Å². The molecule has 0 bridgehead atoms. The van der Waals surface area contributed by atoms with Crippen molar-refractivity contribution in [3.8, 4) is 5.75 Å². The molecule has 6 nitrogen and oxygen atoms in total. The van der Waals surface area contributed by atoms with Crippen molar-refractivity contribution in [2.45, 2.75) is 38.3 Å². The molecule has 2 rings (SSSR count).